The van der Waals surface area contributed by atoms with Crippen molar-refractivity contribution in [3.05, 3.63) is 53.1 Å². The van der Waals surface area contributed by atoms with Crippen molar-refractivity contribution in [3.63, 3.8) is 0 Å². The van der Waals surface area contributed by atoms with Gasteiger partial charge in [0.25, 0.3) is 5.91 Å². The summed E-state index contributed by atoms with van der Waals surface area (Å²) in [5.74, 6) is 0.898. The Morgan fingerprint density at radius 1 is 1.30 bits per heavy atom. The molecule has 5 nitrogen and oxygen atoms in total. The third-order valence-corrected chi connectivity index (χ3v) is 4.34. The molecule has 1 fully saturated rings. The zero-order valence-corrected chi connectivity index (χ0v) is 16.3. The number of ether oxygens (including phenoxy) is 3. The van der Waals surface area contributed by atoms with Crippen LogP contribution in [0.2, 0.25) is 5.02 Å². The van der Waals surface area contributed by atoms with Crippen molar-refractivity contribution in [2.24, 2.45) is 0 Å². The monoisotopic (exact) mass is 389 g/mol. The van der Waals surface area contributed by atoms with E-state index in [2.05, 4.69) is 5.32 Å². The van der Waals surface area contributed by atoms with Crippen LogP contribution in [0.25, 0.3) is 0 Å². The van der Waals surface area contributed by atoms with Crippen molar-refractivity contribution in [1.82, 2.24) is 0 Å². The molecule has 0 aromatic heterocycles. The summed E-state index contributed by atoms with van der Waals surface area (Å²) in [6.45, 7) is 5.12. The number of nitrogens with one attached hydrogen (secondary N) is 1. The van der Waals surface area contributed by atoms with Crippen molar-refractivity contribution in [1.29, 1.82) is 0 Å². The highest BCUT2D eigenvalue weighted by atomic mass is 35.5. The largest absolute Gasteiger partial charge is 0.491 e. The van der Waals surface area contributed by atoms with E-state index in [0.29, 0.717) is 34.4 Å². The van der Waals surface area contributed by atoms with Crippen molar-refractivity contribution >= 4 is 23.2 Å². The van der Waals surface area contributed by atoms with Gasteiger partial charge in [0.05, 0.1) is 17.8 Å². The maximum absolute atomic E-state index is 12.7. The minimum Gasteiger partial charge on any atom is -0.491 e. The van der Waals surface area contributed by atoms with Crippen LogP contribution in [0.4, 0.5) is 5.69 Å². The minimum atomic E-state index is -0.288. The summed E-state index contributed by atoms with van der Waals surface area (Å²) >= 11 is 6.06. The van der Waals surface area contributed by atoms with Gasteiger partial charge in [-0.15, -0.1) is 0 Å². The van der Waals surface area contributed by atoms with Crippen LogP contribution in [-0.2, 0) is 4.74 Å². The molecular formula is C21H24ClNO4. The van der Waals surface area contributed by atoms with Gasteiger partial charge >= 0.3 is 0 Å². The standard InChI is InChI=1S/C21H24ClNO4/c1-14(2)27-20-9-8-15(22)11-19(20)21(24)23-16-5-3-6-17(12-16)26-13-18-7-4-10-25-18/h3,5-6,8-9,11-12,14,18H,4,7,10,13H2,1-2H3,(H,23,24). The van der Waals surface area contributed by atoms with Gasteiger partial charge < -0.3 is 19.5 Å². The fourth-order valence-electron chi connectivity index (χ4n) is 2.86. The summed E-state index contributed by atoms with van der Waals surface area (Å²) in [4.78, 5) is 12.7. The smallest absolute Gasteiger partial charge is 0.259 e. The molecule has 0 radical (unpaired) electrons. The zero-order valence-electron chi connectivity index (χ0n) is 15.5. The first-order chi connectivity index (χ1) is 13.0. The third kappa shape index (κ3) is 5.62. The Hall–Kier alpha value is -2.24. The van der Waals surface area contributed by atoms with Gasteiger partial charge in [0, 0.05) is 23.4 Å². The Morgan fingerprint density at radius 3 is 2.89 bits per heavy atom. The molecule has 1 aliphatic rings. The van der Waals surface area contributed by atoms with Gasteiger partial charge in [-0.1, -0.05) is 17.7 Å². The highest BCUT2D eigenvalue weighted by Gasteiger charge is 2.17. The Balaban J connectivity index is 1.68. The molecule has 6 heteroatoms. The van der Waals surface area contributed by atoms with Gasteiger partial charge in [-0.05, 0) is 57.0 Å². The van der Waals surface area contributed by atoms with E-state index in [-0.39, 0.29) is 18.1 Å². The number of amides is 1. The fraction of sp³-hybridized carbons (Fsp3) is 0.381. The molecule has 1 aliphatic heterocycles. The highest BCUT2D eigenvalue weighted by Crippen LogP contribution is 2.26. The molecule has 1 heterocycles. The van der Waals surface area contributed by atoms with Crippen LogP contribution in [0.5, 0.6) is 11.5 Å². The molecular weight excluding hydrogens is 366 g/mol. The number of benzene rings is 2. The average Bonchev–Trinajstić information content (AvgIpc) is 3.15. The Bertz CT molecular complexity index is 788. The van der Waals surface area contributed by atoms with E-state index < -0.39 is 0 Å². The maximum atomic E-state index is 12.7. The summed E-state index contributed by atoms with van der Waals surface area (Å²) < 4.78 is 17.1. The van der Waals surface area contributed by atoms with Crippen LogP contribution in [0, 0.1) is 0 Å². The Morgan fingerprint density at radius 2 is 2.15 bits per heavy atom. The number of carbonyl (C=O) groups excluding carboxylic acids is 1. The second-order valence-electron chi connectivity index (χ2n) is 6.74. The number of anilines is 1. The Kier molecular flexibility index (Phi) is 6.58. The minimum absolute atomic E-state index is 0.0488. The number of hydrogen-bond donors (Lipinski definition) is 1. The molecule has 1 unspecified atom stereocenters. The summed E-state index contributed by atoms with van der Waals surface area (Å²) in [7, 11) is 0. The van der Waals surface area contributed by atoms with Crippen LogP contribution < -0.4 is 14.8 Å². The van der Waals surface area contributed by atoms with Gasteiger partial charge in [0.15, 0.2) is 0 Å². The average molecular weight is 390 g/mol. The van der Waals surface area contributed by atoms with E-state index in [9.17, 15) is 4.79 Å². The Labute approximate surface area is 164 Å². The third-order valence-electron chi connectivity index (χ3n) is 4.10. The van der Waals surface area contributed by atoms with E-state index >= 15 is 0 Å². The molecule has 3 rings (SSSR count). The first-order valence-electron chi connectivity index (χ1n) is 9.13. The second kappa shape index (κ2) is 9.11. The molecule has 2 aromatic carbocycles. The maximum Gasteiger partial charge on any atom is 0.259 e. The number of halogens is 1. The molecule has 27 heavy (non-hydrogen) atoms. The SMILES string of the molecule is CC(C)Oc1ccc(Cl)cc1C(=O)Nc1cccc(OCC2CCCO2)c1. The molecule has 0 aliphatic carbocycles. The lowest BCUT2D eigenvalue weighted by Crippen LogP contribution is -2.17. The van der Waals surface area contributed by atoms with E-state index in [4.69, 9.17) is 25.8 Å². The molecule has 0 spiro atoms. The summed E-state index contributed by atoms with van der Waals surface area (Å²) in [5.41, 5.74) is 1.03. The van der Waals surface area contributed by atoms with Crippen molar-refractivity contribution in [2.75, 3.05) is 18.5 Å². The highest BCUT2D eigenvalue weighted by molar-refractivity contribution is 6.31. The summed E-state index contributed by atoms with van der Waals surface area (Å²) in [6, 6.07) is 12.3. The predicted molar refractivity (Wildman–Crippen MR) is 106 cm³/mol. The predicted octanol–water partition coefficient (Wildman–Crippen LogP) is 4.94. The van der Waals surface area contributed by atoms with Crippen LogP contribution in [-0.4, -0.2) is 31.3 Å². The summed E-state index contributed by atoms with van der Waals surface area (Å²) in [6.07, 6.45) is 2.19. The second-order valence-corrected chi connectivity index (χ2v) is 7.17. The van der Waals surface area contributed by atoms with Gasteiger partial charge in [-0.2, -0.15) is 0 Å². The van der Waals surface area contributed by atoms with Crippen molar-refractivity contribution in [3.8, 4) is 11.5 Å². The molecule has 1 amide bonds. The quantitative estimate of drug-likeness (QED) is 0.728. The van der Waals surface area contributed by atoms with E-state index in [0.717, 1.165) is 19.4 Å². The molecule has 1 N–H and O–H groups in total. The van der Waals surface area contributed by atoms with Crippen molar-refractivity contribution in [2.45, 2.75) is 38.9 Å². The normalized spacial score (nSPS) is 16.4. The van der Waals surface area contributed by atoms with E-state index in [1.807, 2.05) is 32.0 Å². The van der Waals surface area contributed by atoms with Crippen LogP contribution in [0.15, 0.2) is 42.5 Å². The van der Waals surface area contributed by atoms with Gasteiger partial charge in [-0.25, -0.2) is 0 Å². The molecule has 1 atom stereocenters. The number of rotatable bonds is 7. The number of hydrogen-bond acceptors (Lipinski definition) is 4. The van der Waals surface area contributed by atoms with Crippen LogP contribution >= 0.6 is 11.6 Å². The van der Waals surface area contributed by atoms with Gasteiger partial charge in [0.1, 0.15) is 18.1 Å². The van der Waals surface area contributed by atoms with E-state index in [1.165, 1.54) is 0 Å². The van der Waals surface area contributed by atoms with Crippen molar-refractivity contribution < 1.29 is 19.0 Å². The summed E-state index contributed by atoms with van der Waals surface area (Å²) in [5, 5.41) is 3.36. The molecule has 0 saturated carbocycles. The number of carbonyl (C=O) groups is 1. The van der Waals surface area contributed by atoms with Crippen LogP contribution in [0.3, 0.4) is 0 Å². The van der Waals surface area contributed by atoms with Crippen LogP contribution in [0.1, 0.15) is 37.0 Å². The van der Waals surface area contributed by atoms with Gasteiger partial charge in [0.2, 0.25) is 0 Å². The lowest BCUT2D eigenvalue weighted by Gasteiger charge is -2.15. The molecule has 1 saturated heterocycles. The topological polar surface area (TPSA) is 56.8 Å². The molecule has 0 bridgehead atoms. The van der Waals surface area contributed by atoms with E-state index in [1.54, 1.807) is 24.3 Å². The van der Waals surface area contributed by atoms with Gasteiger partial charge in [-0.3, -0.25) is 4.79 Å². The fourth-order valence-corrected chi connectivity index (χ4v) is 3.04. The molecule has 144 valence electrons. The first-order valence-corrected chi connectivity index (χ1v) is 9.51. The zero-order chi connectivity index (χ0) is 19.2. The first kappa shape index (κ1) is 19.5. The lowest BCUT2D eigenvalue weighted by molar-refractivity contribution is 0.0680. The molecule has 2 aromatic rings. The lowest BCUT2D eigenvalue weighted by atomic mass is 10.1.